The highest BCUT2D eigenvalue weighted by Crippen LogP contribution is 2.26. The second kappa shape index (κ2) is 5.42. The first kappa shape index (κ1) is 12.2. The van der Waals surface area contributed by atoms with Crippen molar-refractivity contribution < 1.29 is 9.47 Å². The number of nitrogen functional groups attached to an aromatic ring is 1. The SMILES string of the molecule is Nc1ccc(NCC2COCCO2)c2cccnc12. The third kappa shape index (κ3) is 2.62. The summed E-state index contributed by atoms with van der Waals surface area (Å²) in [6.45, 7) is 2.70. The Bertz CT molecular complexity index is 568. The van der Waals surface area contributed by atoms with Crippen LogP contribution in [0.2, 0.25) is 0 Å². The lowest BCUT2D eigenvalue weighted by Gasteiger charge is -2.23. The molecule has 1 unspecified atom stereocenters. The van der Waals surface area contributed by atoms with Gasteiger partial charge >= 0.3 is 0 Å². The van der Waals surface area contributed by atoms with E-state index in [9.17, 15) is 0 Å². The highest BCUT2D eigenvalue weighted by molar-refractivity contribution is 5.98. The molecule has 0 radical (unpaired) electrons. The predicted octanol–water partition coefficient (Wildman–Crippen LogP) is 1.64. The Labute approximate surface area is 111 Å². The molecule has 0 amide bonds. The molecular formula is C14H17N3O2. The monoisotopic (exact) mass is 259 g/mol. The molecule has 100 valence electrons. The van der Waals surface area contributed by atoms with Crippen LogP contribution in [0.4, 0.5) is 11.4 Å². The third-order valence-corrected chi connectivity index (χ3v) is 3.21. The third-order valence-electron chi connectivity index (χ3n) is 3.21. The number of rotatable bonds is 3. The first-order chi connectivity index (χ1) is 9.34. The number of fused-ring (bicyclic) bond motifs is 1. The zero-order valence-electron chi connectivity index (χ0n) is 10.6. The molecule has 1 aliphatic rings. The number of nitrogens with one attached hydrogen (secondary N) is 1. The molecular weight excluding hydrogens is 242 g/mol. The lowest BCUT2D eigenvalue weighted by molar-refractivity contribution is -0.0818. The van der Waals surface area contributed by atoms with Crippen LogP contribution >= 0.6 is 0 Å². The van der Waals surface area contributed by atoms with E-state index < -0.39 is 0 Å². The molecule has 1 aliphatic heterocycles. The van der Waals surface area contributed by atoms with Crippen molar-refractivity contribution >= 4 is 22.3 Å². The van der Waals surface area contributed by atoms with Crippen LogP contribution in [0.1, 0.15) is 0 Å². The fourth-order valence-electron chi connectivity index (χ4n) is 2.23. The quantitative estimate of drug-likeness (QED) is 0.820. The van der Waals surface area contributed by atoms with E-state index in [0.29, 0.717) is 32.1 Å². The Kier molecular flexibility index (Phi) is 3.48. The molecule has 2 aromatic rings. The molecule has 1 atom stereocenters. The molecule has 1 saturated heterocycles. The lowest BCUT2D eigenvalue weighted by Crippen LogP contribution is -2.34. The van der Waals surface area contributed by atoms with E-state index in [-0.39, 0.29) is 6.10 Å². The molecule has 0 aliphatic carbocycles. The summed E-state index contributed by atoms with van der Waals surface area (Å²) in [5.74, 6) is 0. The maximum Gasteiger partial charge on any atom is 0.0981 e. The summed E-state index contributed by atoms with van der Waals surface area (Å²) >= 11 is 0. The highest BCUT2D eigenvalue weighted by atomic mass is 16.6. The Morgan fingerprint density at radius 1 is 1.32 bits per heavy atom. The van der Waals surface area contributed by atoms with Crippen molar-refractivity contribution in [2.24, 2.45) is 0 Å². The van der Waals surface area contributed by atoms with E-state index >= 15 is 0 Å². The van der Waals surface area contributed by atoms with Crippen LogP contribution in [0.5, 0.6) is 0 Å². The van der Waals surface area contributed by atoms with Gasteiger partial charge in [0, 0.05) is 23.8 Å². The van der Waals surface area contributed by atoms with Gasteiger partial charge in [0.1, 0.15) is 0 Å². The Morgan fingerprint density at radius 2 is 2.26 bits per heavy atom. The second-order valence-electron chi connectivity index (χ2n) is 4.55. The van der Waals surface area contributed by atoms with Crippen LogP contribution in [-0.2, 0) is 9.47 Å². The Morgan fingerprint density at radius 3 is 3.11 bits per heavy atom. The fraction of sp³-hybridized carbons (Fsp3) is 0.357. The number of anilines is 2. The number of hydrogen-bond donors (Lipinski definition) is 2. The number of ether oxygens (including phenoxy) is 2. The van der Waals surface area contributed by atoms with Gasteiger partial charge in [0.2, 0.25) is 0 Å². The van der Waals surface area contributed by atoms with Gasteiger partial charge in [0.05, 0.1) is 37.1 Å². The molecule has 1 aromatic carbocycles. The summed E-state index contributed by atoms with van der Waals surface area (Å²) in [6, 6.07) is 7.77. The minimum absolute atomic E-state index is 0.0954. The van der Waals surface area contributed by atoms with Gasteiger partial charge in [-0.3, -0.25) is 4.98 Å². The van der Waals surface area contributed by atoms with Gasteiger partial charge in [-0.2, -0.15) is 0 Å². The highest BCUT2D eigenvalue weighted by Gasteiger charge is 2.14. The van der Waals surface area contributed by atoms with E-state index in [4.69, 9.17) is 15.2 Å². The van der Waals surface area contributed by atoms with Crippen molar-refractivity contribution in [3.8, 4) is 0 Å². The van der Waals surface area contributed by atoms with Crippen molar-refractivity contribution in [1.82, 2.24) is 4.98 Å². The van der Waals surface area contributed by atoms with Crippen molar-refractivity contribution in [1.29, 1.82) is 0 Å². The van der Waals surface area contributed by atoms with Crippen LogP contribution in [0.25, 0.3) is 10.9 Å². The Balaban J connectivity index is 1.79. The standard InChI is InChI=1S/C14H17N3O2/c15-12-3-4-13(11-2-1-5-16-14(11)12)17-8-10-9-18-6-7-19-10/h1-5,10,17H,6-9,15H2. The second-order valence-corrected chi connectivity index (χ2v) is 4.55. The molecule has 5 heteroatoms. The molecule has 19 heavy (non-hydrogen) atoms. The summed E-state index contributed by atoms with van der Waals surface area (Å²) in [4.78, 5) is 4.32. The number of aromatic nitrogens is 1. The van der Waals surface area contributed by atoms with Gasteiger partial charge in [0.15, 0.2) is 0 Å². The first-order valence-electron chi connectivity index (χ1n) is 6.41. The molecule has 3 N–H and O–H groups in total. The van der Waals surface area contributed by atoms with Crippen molar-refractivity contribution in [2.75, 3.05) is 37.4 Å². The summed E-state index contributed by atoms with van der Waals surface area (Å²) < 4.78 is 11.0. The molecule has 0 saturated carbocycles. The van der Waals surface area contributed by atoms with E-state index in [1.807, 2.05) is 24.3 Å². The largest absolute Gasteiger partial charge is 0.397 e. The maximum atomic E-state index is 5.93. The fourth-order valence-corrected chi connectivity index (χ4v) is 2.23. The smallest absolute Gasteiger partial charge is 0.0981 e. The Hall–Kier alpha value is -1.85. The van der Waals surface area contributed by atoms with Crippen molar-refractivity contribution in [3.05, 3.63) is 30.5 Å². The number of benzene rings is 1. The minimum Gasteiger partial charge on any atom is -0.397 e. The molecule has 1 fully saturated rings. The van der Waals surface area contributed by atoms with Gasteiger partial charge in [-0.15, -0.1) is 0 Å². The van der Waals surface area contributed by atoms with Crippen LogP contribution in [-0.4, -0.2) is 37.5 Å². The van der Waals surface area contributed by atoms with E-state index in [1.54, 1.807) is 6.20 Å². The van der Waals surface area contributed by atoms with E-state index in [2.05, 4.69) is 10.3 Å². The van der Waals surface area contributed by atoms with Gasteiger partial charge < -0.3 is 20.5 Å². The number of nitrogens with zero attached hydrogens (tertiary/aromatic N) is 1. The average Bonchev–Trinajstić information content (AvgIpc) is 2.48. The molecule has 5 nitrogen and oxygen atoms in total. The maximum absolute atomic E-state index is 5.93. The summed E-state index contributed by atoms with van der Waals surface area (Å²) in [5, 5.41) is 4.41. The predicted molar refractivity (Wildman–Crippen MR) is 75.2 cm³/mol. The molecule has 1 aromatic heterocycles. The normalized spacial score (nSPS) is 19.5. The summed E-state index contributed by atoms with van der Waals surface area (Å²) in [5.41, 5.74) is 8.47. The van der Waals surface area contributed by atoms with E-state index in [0.717, 1.165) is 16.6 Å². The van der Waals surface area contributed by atoms with Gasteiger partial charge in [-0.1, -0.05) is 0 Å². The number of hydrogen-bond acceptors (Lipinski definition) is 5. The minimum atomic E-state index is 0.0954. The lowest BCUT2D eigenvalue weighted by atomic mass is 10.1. The number of nitrogens with two attached hydrogens (primary N) is 1. The van der Waals surface area contributed by atoms with Gasteiger partial charge in [-0.05, 0) is 24.3 Å². The van der Waals surface area contributed by atoms with E-state index in [1.165, 1.54) is 0 Å². The van der Waals surface area contributed by atoms with Crippen LogP contribution in [0, 0.1) is 0 Å². The zero-order valence-corrected chi connectivity index (χ0v) is 10.6. The first-order valence-corrected chi connectivity index (χ1v) is 6.41. The molecule has 3 rings (SSSR count). The van der Waals surface area contributed by atoms with Crippen LogP contribution in [0.15, 0.2) is 30.5 Å². The molecule has 0 bridgehead atoms. The summed E-state index contributed by atoms with van der Waals surface area (Å²) in [6.07, 6.45) is 1.85. The molecule has 2 heterocycles. The van der Waals surface area contributed by atoms with Crippen LogP contribution in [0.3, 0.4) is 0 Å². The van der Waals surface area contributed by atoms with Gasteiger partial charge in [0.25, 0.3) is 0 Å². The molecule has 0 spiro atoms. The van der Waals surface area contributed by atoms with Crippen molar-refractivity contribution in [3.63, 3.8) is 0 Å². The van der Waals surface area contributed by atoms with Gasteiger partial charge in [-0.25, -0.2) is 0 Å². The topological polar surface area (TPSA) is 69.4 Å². The van der Waals surface area contributed by atoms with Crippen molar-refractivity contribution in [2.45, 2.75) is 6.10 Å². The summed E-state index contributed by atoms with van der Waals surface area (Å²) in [7, 11) is 0. The number of pyridine rings is 1. The zero-order chi connectivity index (χ0) is 13.1. The van der Waals surface area contributed by atoms with Crippen LogP contribution < -0.4 is 11.1 Å². The average molecular weight is 259 g/mol.